The zero-order chi connectivity index (χ0) is 14.8. The van der Waals surface area contributed by atoms with Gasteiger partial charge in [-0.2, -0.15) is 0 Å². The van der Waals surface area contributed by atoms with Crippen molar-refractivity contribution in [1.82, 2.24) is 0 Å². The number of benzene rings is 2. The summed E-state index contributed by atoms with van der Waals surface area (Å²) in [5.41, 5.74) is 6.23. The lowest BCUT2D eigenvalue weighted by Crippen LogP contribution is -1.96. The summed E-state index contributed by atoms with van der Waals surface area (Å²) in [6.07, 6.45) is 1.16. The average Bonchev–Trinajstić information content (AvgIpc) is 2.40. The molecule has 0 saturated heterocycles. The lowest BCUT2D eigenvalue weighted by Gasteiger charge is -2.09. The summed E-state index contributed by atoms with van der Waals surface area (Å²) in [7, 11) is -1.68. The zero-order valence-electron chi connectivity index (χ0n) is 11.2. The Hall–Kier alpha value is -2.21. The first-order valence-electron chi connectivity index (χ1n) is 5.81. The fourth-order valence-corrected chi connectivity index (χ4v) is 2.28. The van der Waals surface area contributed by atoms with E-state index >= 15 is 0 Å². The van der Waals surface area contributed by atoms with Crippen molar-refractivity contribution in [3.63, 3.8) is 0 Å². The third kappa shape index (κ3) is 3.21. The number of hydrogen-bond donors (Lipinski definition) is 1. The van der Waals surface area contributed by atoms with Crippen molar-refractivity contribution in [3.8, 4) is 17.2 Å². The van der Waals surface area contributed by atoms with Gasteiger partial charge in [0.2, 0.25) is 0 Å². The van der Waals surface area contributed by atoms with Gasteiger partial charge in [-0.25, -0.2) is 8.42 Å². The molecule has 0 bridgehead atoms. The second kappa shape index (κ2) is 5.42. The van der Waals surface area contributed by atoms with Crippen LogP contribution in [-0.2, 0) is 9.84 Å². The molecule has 20 heavy (non-hydrogen) atoms. The number of nitrogens with two attached hydrogens (primary N) is 1. The third-order valence-electron chi connectivity index (χ3n) is 2.69. The van der Waals surface area contributed by atoms with Gasteiger partial charge in [-0.1, -0.05) is 0 Å². The van der Waals surface area contributed by atoms with Crippen LogP contribution in [0.25, 0.3) is 0 Å². The van der Waals surface area contributed by atoms with E-state index in [-0.39, 0.29) is 4.90 Å². The fourth-order valence-electron chi connectivity index (χ4n) is 1.65. The Labute approximate surface area is 117 Å². The molecule has 2 aromatic rings. The van der Waals surface area contributed by atoms with E-state index < -0.39 is 9.84 Å². The van der Waals surface area contributed by atoms with E-state index in [0.29, 0.717) is 22.9 Å². The predicted octanol–water partition coefficient (Wildman–Crippen LogP) is 2.47. The molecule has 0 aliphatic carbocycles. The highest BCUT2D eigenvalue weighted by Gasteiger charge is 2.07. The van der Waals surface area contributed by atoms with Crippen molar-refractivity contribution in [2.75, 3.05) is 19.1 Å². The first-order valence-corrected chi connectivity index (χ1v) is 7.71. The minimum Gasteiger partial charge on any atom is -0.494 e. The standard InChI is InChI=1S/C14H15NO4S/c1-18-14-9-11(5-8-13(14)15)19-10-3-6-12(7-4-10)20(2,16)17/h3-9H,15H2,1-2H3. The molecular weight excluding hydrogens is 278 g/mol. The molecular formula is C14H15NO4S. The summed E-state index contributed by atoms with van der Waals surface area (Å²) < 4.78 is 33.4. The van der Waals surface area contributed by atoms with Gasteiger partial charge in [0.25, 0.3) is 0 Å². The first kappa shape index (κ1) is 14.2. The maximum absolute atomic E-state index is 11.4. The van der Waals surface area contributed by atoms with E-state index in [1.54, 1.807) is 30.3 Å². The van der Waals surface area contributed by atoms with Gasteiger partial charge in [-0.15, -0.1) is 0 Å². The smallest absolute Gasteiger partial charge is 0.175 e. The summed E-state index contributed by atoms with van der Waals surface area (Å²) >= 11 is 0. The summed E-state index contributed by atoms with van der Waals surface area (Å²) in [4.78, 5) is 0.250. The van der Waals surface area contributed by atoms with E-state index in [4.69, 9.17) is 15.2 Å². The Bertz CT molecular complexity index is 708. The van der Waals surface area contributed by atoms with E-state index in [0.717, 1.165) is 6.26 Å². The lowest BCUT2D eigenvalue weighted by molar-refractivity contribution is 0.411. The monoisotopic (exact) mass is 293 g/mol. The van der Waals surface area contributed by atoms with E-state index in [2.05, 4.69) is 0 Å². The molecule has 106 valence electrons. The molecule has 2 N–H and O–H groups in total. The Balaban J connectivity index is 2.22. The minimum atomic E-state index is -3.20. The van der Waals surface area contributed by atoms with Crippen LogP contribution >= 0.6 is 0 Å². The number of rotatable bonds is 4. The van der Waals surface area contributed by atoms with Gasteiger partial charge in [0.05, 0.1) is 17.7 Å². The molecule has 6 heteroatoms. The zero-order valence-corrected chi connectivity index (χ0v) is 12.0. The molecule has 0 spiro atoms. The molecule has 0 aromatic heterocycles. The molecule has 0 heterocycles. The van der Waals surface area contributed by atoms with Gasteiger partial charge in [-0.3, -0.25) is 0 Å². The van der Waals surface area contributed by atoms with Crippen LogP contribution in [0.2, 0.25) is 0 Å². The predicted molar refractivity (Wildman–Crippen MR) is 77.0 cm³/mol. The van der Waals surface area contributed by atoms with Crippen LogP contribution in [0.15, 0.2) is 47.4 Å². The van der Waals surface area contributed by atoms with Crippen LogP contribution in [0.5, 0.6) is 17.2 Å². The Kier molecular flexibility index (Phi) is 3.85. The van der Waals surface area contributed by atoms with Gasteiger partial charge < -0.3 is 15.2 Å². The summed E-state index contributed by atoms with van der Waals surface area (Å²) in [6.45, 7) is 0. The van der Waals surface area contributed by atoms with Crippen LogP contribution in [0.1, 0.15) is 0 Å². The van der Waals surface area contributed by atoms with Gasteiger partial charge in [0.1, 0.15) is 17.2 Å². The van der Waals surface area contributed by atoms with E-state index in [1.807, 2.05) is 0 Å². The molecule has 0 radical (unpaired) electrons. The molecule has 5 nitrogen and oxygen atoms in total. The maximum Gasteiger partial charge on any atom is 0.175 e. The van der Waals surface area contributed by atoms with E-state index in [9.17, 15) is 8.42 Å². The Morgan fingerprint density at radius 2 is 1.60 bits per heavy atom. The topological polar surface area (TPSA) is 78.6 Å². The average molecular weight is 293 g/mol. The highest BCUT2D eigenvalue weighted by atomic mass is 32.2. The summed E-state index contributed by atoms with van der Waals surface area (Å²) in [6, 6.07) is 11.2. The lowest BCUT2D eigenvalue weighted by atomic mass is 10.3. The molecule has 0 unspecified atom stereocenters. The van der Waals surface area contributed by atoms with Crippen LogP contribution in [0, 0.1) is 0 Å². The van der Waals surface area contributed by atoms with Crippen molar-refractivity contribution < 1.29 is 17.9 Å². The molecule has 0 atom stereocenters. The highest BCUT2D eigenvalue weighted by molar-refractivity contribution is 7.90. The molecule has 2 aromatic carbocycles. The largest absolute Gasteiger partial charge is 0.494 e. The molecule has 0 aliphatic heterocycles. The van der Waals surface area contributed by atoms with Gasteiger partial charge in [0.15, 0.2) is 9.84 Å². The van der Waals surface area contributed by atoms with Crippen LogP contribution < -0.4 is 15.2 Å². The minimum absolute atomic E-state index is 0.250. The molecule has 2 rings (SSSR count). The number of methoxy groups -OCH3 is 1. The molecule has 0 saturated carbocycles. The summed E-state index contributed by atoms with van der Waals surface area (Å²) in [5.74, 6) is 1.61. The second-order valence-corrected chi connectivity index (χ2v) is 6.27. The maximum atomic E-state index is 11.4. The number of nitrogen functional groups attached to an aromatic ring is 1. The number of anilines is 1. The Morgan fingerprint density at radius 3 is 2.15 bits per heavy atom. The van der Waals surface area contributed by atoms with Crippen LogP contribution in [0.3, 0.4) is 0 Å². The summed E-state index contributed by atoms with van der Waals surface area (Å²) in [5, 5.41) is 0. The quantitative estimate of drug-likeness (QED) is 0.876. The van der Waals surface area contributed by atoms with Crippen molar-refractivity contribution in [2.24, 2.45) is 0 Å². The highest BCUT2D eigenvalue weighted by Crippen LogP contribution is 2.30. The van der Waals surface area contributed by atoms with E-state index in [1.165, 1.54) is 19.2 Å². The van der Waals surface area contributed by atoms with Crippen molar-refractivity contribution in [3.05, 3.63) is 42.5 Å². The first-order chi connectivity index (χ1) is 9.40. The van der Waals surface area contributed by atoms with Crippen molar-refractivity contribution in [1.29, 1.82) is 0 Å². The molecule has 0 fully saturated rings. The molecule has 0 amide bonds. The van der Waals surface area contributed by atoms with Crippen LogP contribution in [-0.4, -0.2) is 21.8 Å². The molecule has 0 aliphatic rings. The Morgan fingerprint density at radius 1 is 1.00 bits per heavy atom. The van der Waals surface area contributed by atoms with Crippen molar-refractivity contribution >= 4 is 15.5 Å². The number of hydrogen-bond acceptors (Lipinski definition) is 5. The number of sulfone groups is 1. The normalized spacial score (nSPS) is 11.1. The van der Waals surface area contributed by atoms with Crippen molar-refractivity contribution in [2.45, 2.75) is 4.90 Å². The van der Waals surface area contributed by atoms with Gasteiger partial charge >= 0.3 is 0 Å². The third-order valence-corrected chi connectivity index (χ3v) is 3.82. The SMILES string of the molecule is COc1cc(Oc2ccc(S(C)(=O)=O)cc2)ccc1N. The second-order valence-electron chi connectivity index (χ2n) is 4.25. The van der Waals surface area contributed by atoms with Gasteiger partial charge in [0, 0.05) is 12.3 Å². The number of ether oxygens (including phenoxy) is 2. The van der Waals surface area contributed by atoms with Crippen LogP contribution in [0.4, 0.5) is 5.69 Å². The van der Waals surface area contributed by atoms with Gasteiger partial charge in [-0.05, 0) is 36.4 Å². The fraction of sp³-hybridized carbons (Fsp3) is 0.143.